The number of hydrogen-bond acceptors (Lipinski definition) is 4. The van der Waals surface area contributed by atoms with Crippen LogP contribution < -0.4 is 4.74 Å². The minimum absolute atomic E-state index is 0.565. The first kappa shape index (κ1) is 17.4. The van der Waals surface area contributed by atoms with Crippen LogP contribution >= 0.6 is 0 Å². The molecule has 0 amide bonds. The van der Waals surface area contributed by atoms with Gasteiger partial charge in [0.25, 0.3) is 0 Å². The van der Waals surface area contributed by atoms with Crippen molar-refractivity contribution in [3.05, 3.63) is 54.1 Å². The number of hydrogen-bond donors (Lipinski definition) is 0. The van der Waals surface area contributed by atoms with Gasteiger partial charge in [0.05, 0.1) is 12.6 Å². The van der Waals surface area contributed by atoms with Crippen LogP contribution in [0.1, 0.15) is 38.7 Å². The maximum Gasteiger partial charge on any atom is 0.192 e. The van der Waals surface area contributed by atoms with Crippen molar-refractivity contribution in [2.75, 3.05) is 13.7 Å². The van der Waals surface area contributed by atoms with Gasteiger partial charge in [-0.3, -0.25) is 0 Å². The van der Waals surface area contributed by atoms with Crippen LogP contribution in [0.2, 0.25) is 0 Å². The molecule has 0 saturated heterocycles. The summed E-state index contributed by atoms with van der Waals surface area (Å²) >= 11 is 0. The quantitative estimate of drug-likeness (QED) is 0.611. The normalized spacial score (nSPS) is 13.7. The maximum atomic E-state index is 6.39. The largest absolute Gasteiger partial charge is 0.496 e. The second-order valence-corrected chi connectivity index (χ2v) is 6.01. The summed E-state index contributed by atoms with van der Waals surface area (Å²) in [5, 5.41) is 8.83. The molecule has 0 fully saturated rings. The second-order valence-electron chi connectivity index (χ2n) is 6.01. The molecule has 0 saturated carbocycles. The number of benzene rings is 2. The highest BCUT2D eigenvalue weighted by Crippen LogP contribution is 2.39. The maximum absolute atomic E-state index is 6.39. The average Bonchev–Trinajstić information content (AvgIpc) is 3.10. The predicted molar refractivity (Wildman–Crippen MR) is 98.7 cm³/mol. The van der Waals surface area contributed by atoms with Crippen LogP contribution in [0.25, 0.3) is 11.0 Å². The van der Waals surface area contributed by atoms with Gasteiger partial charge in [-0.1, -0.05) is 48.9 Å². The number of rotatable bonds is 8. The molecule has 1 unspecified atom stereocenters. The number of nitrogens with zero attached hydrogens (tertiary/aromatic N) is 3. The van der Waals surface area contributed by atoms with E-state index < -0.39 is 5.72 Å². The van der Waals surface area contributed by atoms with Gasteiger partial charge in [-0.15, -0.1) is 5.10 Å². The lowest BCUT2D eigenvalue weighted by atomic mass is 9.95. The summed E-state index contributed by atoms with van der Waals surface area (Å²) in [6, 6.07) is 16.0. The molecule has 25 heavy (non-hydrogen) atoms. The van der Waals surface area contributed by atoms with E-state index in [1.165, 1.54) is 0 Å². The van der Waals surface area contributed by atoms with Crippen LogP contribution in [0.5, 0.6) is 5.75 Å². The molecule has 3 aromatic rings. The molecule has 0 aliphatic heterocycles. The van der Waals surface area contributed by atoms with Crippen LogP contribution in [0, 0.1) is 0 Å². The topological polar surface area (TPSA) is 49.2 Å². The Kier molecular flexibility index (Phi) is 5.34. The van der Waals surface area contributed by atoms with Gasteiger partial charge in [-0.05, 0) is 31.5 Å². The van der Waals surface area contributed by atoms with Crippen LogP contribution in [0.15, 0.2) is 48.5 Å². The first-order valence-electron chi connectivity index (χ1n) is 8.85. The monoisotopic (exact) mass is 339 g/mol. The van der Waals surface area contributed by atoms with Gasteiger partial charge in [0.1, 0.15) is 11.3 Å². The summed E-state index contributed by atoms with van der Waals surface area (Å²) in [5.74, 6) is 0.798. The lowest BCUT2D eigenvalue weighted by Crippen LogP contribution is -2.39. The van der Waals surface area contributed by atoms with Gasteiger partial charge >= 0.3 is 0 Å². The zero-order chi connectivity index (χ0) is 17.7. The second kappa shape index (κ2) is 7.66. The van der Waals surface area contributed by atoms with Gasteiger partial charge in [0.2, 0.25) is 0 Å². The summed E-state index contributed by atoms with van der Waals surface area (Å²) in [6.45, 7) is 4.75. The molecular formula is C20H25N3O2. The fraction of sp³-hybridized carbons (Fsp3) is 0.400. The van der Waals surface area contributed by atoms with Crippen LogP contribution in [0.4, 0.5) is 0 Å². The lowest BCUT2D eigenvalue weighted by molar-refractivity contribution is -0.0836. The molecule has 0 aliphatic rings. The lowest BCUT2D eigenvalue weighted by Gasteiger charge is -2.35. The third-order valence-electron chi connectivity index (χ3n) is 4.47. The molecule has 1 atom stereocenters. The van der Waals surface area contributed by atoms with Crippen molar-refractivity contribution in [3.63, 3.8) is 0 Å². The van der Waals surface area contributed by atoms with Gasteiger partial charge in [0, 0.05) is 18.6 Å². The Morgan fingerprint density at radius 3 is 2.56 bits per heavy atom. The SMILES string of the molecule is CCCCC(OCC)(c1ccccc1OC)n1nnc2ccccc21. The number of methoxy groups -OCH3 is 1. The van der Waals surface area contributed by atoms with E-state index in [0.717, 1.165) is 41.6 Å². The molecular weight excluding hydrogens is 314 g/mol. The zero-order valence-electron chi connectivity index (χ0n) is 15.1. The van der Waals surface area contributed by atoms with E-state index in [1.807, 2.05) is 54.1 Å². The Hall–Kier alpha value is -2.40. The molecule has 5 nitrogen and oxygen atoms in total. The average molecular weight is 339 g/mol. The molecule has 0 radical (unpaired) electrons. The smallest absolute Gasteiger partial charge is 0.192 e. The summed E-state index contributed by atoms with van der Waals surface area (Å²) in [7, 11) is 1.69. The van der Waals surface area contributed by atoms with E-state index in [0.29, 0.717) is 6.61 Å². The molecule has 3 rings (SSSR count). The van der Waals surface area contributed by atoms with Crippen molar-refractivity contribution < 1.29 is 9.47 Å². The summed E-state index contributed by atoms with van der Waals surface area (Å²) in [5.41, 5.74) is 2.05. The Morgan fingerprint density at radius 1 is 1.04 bits per heavy atom. The highest BCUT2D eigenvalue weighted by molar-refractivity contribution is 5.74. The molecule has 132 valence electrons. The van der Waals surface area contributed by atoms with Crippen LogP contribution in [-0.2, 0) is 10.5 Å². The van der Waals surface area contributed by atoms with Crippen molar-refractivity contribution in [1.29, 1.82) is 0 Å². The summed E-state index contributed by atoms with van der Waals surface area (Å²) < 4.78 is 14.0. The molecule has 0 bridgehead atoms. The van der Waals surface area contributed by atoms with Crippen molar-refractivity contribution in [1.82, 2.24) is 15.0 Å². The highest BCUT2D eigenvalue weighted by atomic mass is 16.5. The van der Waals surface area contributed by atoms with Gasteiger partial charge in [0.15, 0.2) is 5.72 Å². The van der Waals surface area contributed by atoms with E-state index in [1.54, 1.807) is 7.11 Å². The van der Waals surface area contributed by atoms with E-state index in [2.05, 4.69) is 23.3 Å². The Balaban J connectivity index is 2.27. The summed E-state index contributed by atoms with van der Waals surface area (Å²) in [6.07, 6.45) is 2.87. The number of aromatic nitrogens is 3. The third-order valence-corrected chi connectivity index (χ3v) is 4.47. The molecule has 0 aliphatic carbocycles. The van der Waals surface area contributed by atoms with E-state index in [-0.39, 0.29) is 0 Å². The van der Waals surface area contributed by atoms with Crippen LogP contribution in [-0.4, -0.2) is 28.7 Å². The van der Waals surface area contributed by atoms with E-state index >= 15 is 0 Å². The number of unbranched alkanes of at least 4 members (excludes halogenated alkanes) is 1. The highest BCUT2D eigenvalue weighted by Gasteiger charge is 2.39. The zero-order valence-corrected chi connectivity index (χ0v) is 15.1. The molecule has 0 N–H and O–H groups in total. The number of fused-ring (bicyclic) bond motifs is 1. The fourth-order valence-electron chi connectivity index (χ4n) is 3.32. The van der Waals surface area contributed by atoms with Crippen molar-refractivity contribution in [2.24, 2.45) is 0 Å². The number of para-hydroxylation sites is 2. The summed E-state index contributed by atoms with van der Waals surface area (Å²) in [4.78, 5) is 0. The Labute approximate surface area is 148 Å². The van der Waals surface area contributed by atoms with Gasteiger partial charge < -0.3 is 9.47 Å². The standard InChI is InChI=1S/C20H25N3O2/c1-4-6-15-20(25-5-2,16-11-7-10-14-19(16)24-3)23-18-13-9-8-12-17(18)21-22-23/h7-14H,4-6,15H2,1-3H3. The van der Waals surface area contributed by atoms with Crippen LogP contribution in [0.3, 0.4) is 0 Å². The van der Waals surface area contributed by atoms with Gasteiger partial charge in [-0.25, -0.2) is 4.68 Å². The molecule has 5 heteroatoms. The Morgan fingerprint density at radius 2 is 1.80 bits per heavy atom. The number of ether oxygens (including phenoxy) is 2. The minimum Gasteiger partial charge on any atom is -0.496 e. The minimum atomic E-state index is -0.743. The van der Waals surface area contributed by atoms with Gasteiger partial charge in [-0.2, -0.15) is 0 Å². The molecule has 1 heterocycles. The van der Waals surface area contributed by atoms with Crippen molar-refractivity contribution in [3.8, 4) is 5.75 Å². The van der Waals surface area contributed by atoms with E-state index in [9.17, 15) is 0 Å². The molecule has 2 aromatic carbocycles. The Bertz CT molecular complexity index is 830. The third kappa shape index (κ3) is 3.12. The van der Waals surface area contributed by atoms with Crippen molar-refractivity contribution >= 4 is 11.0 Å². The molecule has 1 aromatic heterocycles. The van der Waals surface area contributed by atoms with Crippen molar-refractivity contribution in [2.45, 2.75) is 38.8 Å². The fourth-order valence-corrected chi connectivity index (χ4v) is 3.32. The molecule has 0 spiro atoms. The first-order valence-corrected chi connectivity index (χ1v) is 8.85. The van der Waals surface area contributed by atoms with E-state index in [4.69, 9.17) is 9.47 Å². The predicted octanol–water partition coefficient (Wildman–Crippen LogP) is 4.37. The first-order chi connectivity index (χ1) is 12.3.